The highest BCUT2D eigenvalue weighted by Crippen LogP contribution is 2.40. The Morgan fingerprint density at radius 3 is 0.883 bits per heavy atom. The van der Waals surface area contributed by atoms with Crippen molar-refractivity contribution in [1.82, 2.24) is 0 Å². The van der Waals surface area contributed by atoms with Gasteiger partial charge in [-0.2, -0.15) is 0 Å². The van der Waals surface area contributed by atoms with Crippen molar-refractivity contribution in [2.75, 3.05) is 0 Å². The van der Waals surface area contributed by atoms with E-state index < -0.39 is 0 Å². The molecule has 0 radical (unpaired) electrons. The first-order valence-electron chi connectivity index (χ1n) is 20.6. The molecule has 0 amide bonds. The molecule has 60 heavy (non-hydrogen) atoms. The summed E-state index contributed by atoms with van der Waals surface area (Å²) in [5, 5.41) is 15.6. The summed E-state index contributed by atoms with van der Waals surface area (Å²) in [6.07, 6.45) is 0. The van der Waals surface area contributed by atoms with Crippen molar-refractivity contribution in [2.24, 2.45) is 9.98 Å². The van der Waals surface area contributed by atoms with Gasteiger partial charge in [0, 0.05) is 22.3 Å². The van der Waals surface area contributed by atoms with Crippen molar-refractivity contribution >= 4 is 87.4 Å². The predicted octanol–water partition coefficient (Wildman–Crippen LogP) is 15.5. The smallest absolute Gasteiger partial charge is 0.0803 e. The molecule has 0 saturated carbocycles. The zero-order chi connectivity index (χ0) is 39.3. The molecule has 12 aromatic carbocycles. The minimum atomic E-state index is 0.896. The maximum atomic E-state index is 5.45. The number of fused-ring (bicyclic) bond motifs is 2. The van der Waals surface area contributed by atoms with E-state index in [0.717, 1.165) is 45.1 Å². The fourth-order valence-corrected chi connectivity index (χ4v) is 9.83. The zero-order valence-corrected chi connectivity index (χ0v) is 32.5. The lowest BCUT2D eigenvalue weighted by Gasteiger charge is -2.18. The standard InChI is InChI=1S/C58H34N2/c1-3-13-51-49(11-1)57(41-23-15-35(16-24-41)47-31-43-27-19-37-7-5-8-38-20-28-44(32-47)55(43)53(37)38)60-52-14-4-2-12-50(52)58(59-51)42-25-17-36(18-26-42)48-33-45-29-21-39-9-6-10-40-22-30-46(34-48)56(45)54(39)40/h1-34H. The summed E-state index contributed by atoms with van der Waals surface area (Å²) in [5.74, 6) is 0. The molecular formula is C58H34N2. The maximum absolute atomic E-state index is 5.45. The van der Waals surface area contributed by atoms with Gasteiger partial charge in [0.1, 0.15) is 0 Å². The lowest BCUT2D eigenvalue weighted by atomic mass is 9.90. The second-order valence-electron chi connectivity index (χ2n) is 16.1. The number of hydrogen-bond acceptors (Lipinski definition) is 2. The van der Waals surface area contributed by atoms with Gasteiger partial charge in [-0.05, 0) is 123 Å². The maximum Gasteiger partial charge on any atom is 0.0803 e. The highest BCUT2D eigenvalue weighted by Gasteiger charge is 2.21. The van der Waals surface area contributed by atoms with Crippen LogP contribution >= 0.6 is 0 Å². The molecular weight excluding hydrogens is 725 g/mol. The van der Waals surface area contributed by atoms with Crippen LogP contribution < -0.4 is 0 Å². The molecule has 1 aliphatic rings. The van der Waals surface area contributed by atoms with Gasteiger partial charge in [-0.1, -0.05) is 170 Å². The molecule has 0 bridgehead atoms. The van der Waals surface area contributed by atoms with Crippen molar-refractivity contribution in [3.63, 3.8) is 0 Å². The topological polar surface area (TPSA) is 24.7 Å². The van der Waals surface area contributed by atoms with E-state index in [1.807, 2.05) is 0 Å². The Labute approximate surface area is 346 Å². The van der Waals surface area contributed by atoms with Crippen LogP contribution in [0.15, 0.2) is 216 Å². The Morgan fingerprint density at radius 2 is 0.517 bits per heavy atom. The Balaban J connectivity index is 0.873. The summed E-state index contributed by atoms with van der Waals surface area (Å²) in [6.45, 7) is 0. The molecule has 0 N–H and O–H groups in total. The summed E-state index contributed by atoms with van der Waals surface area (Å²) in [5.41, 5.74) is 12.5. The lowest BCUT2D eigenvalue weighted by molar-refractivity contribution is 1.39. The number of rotatable bonds is 4. The minimum Gasteiger partial charge on any atom is -0.247 e. The molecule has 2 heteroatoms. The molecule has 0 aromatic heterocycles. The number of aliphatic imine (C=N–C) groups is 2. The Kier molecular flexibility index (Phi) is 7.05. The summed E-state index contributed by atoms with van der Waals surface area (Å²) >= 11 is 0. The Hall–Kier alpha value is -7.94. The summed E-state index contributed by atoms with van der Waals surface area (Å²) in [6, 6.07) is 75.0. The molecule has 1 aliphatic heterocycles. The normalized spacial score (nSPS) is 12.9. The average molecular weight is 759 g/mol. The van der Waals surface area contributed by atoms with E-state index in [-0.39, 0.29) is 0 Å². The van der Waals surface area contributed by atoms with Crippen LogP contribution in [0.25, 0.3) is 86.9 Å². The first-order chi connectivity index (χ1) is 29.7. The fourth-order valence-electron chi connectivity index (χ4n) is 9.83. The number of benzene rings is 12. The first kappa shape index (κ1) is 33.1. The van der Waals surface area contributed by atoms with Gasteiger partial charge in [-0.25, -0.2) is 9.98 Å². The molecule has 2 nitrogen and oxygen atoms in total. The van der Waals surface area contributed by atoms with Gasteiger partial charge in [-0.3, -0.25) is 0 Å². The van der Waals surface area contributed by atoms with Crippen molar-refractivity contribution in [3.8, 4) is 22.3 Å². The van der Waals surface area contributed by atoms with Crippen LogP contribution in [-0.2, 0) is 0 Å². The number of hydrogen-bond donors (Lipinski definition) is 0. The van der Waals surface area contributed by atoms with Crippen molar-refractivity contribution in [2.45, 2.75) is 0 Å². The van der Waals surface area contributed by atoms with E-state index in [1.165, 1.54) is 86.9 Å². The van der Waals surface area contributed by atoms with Gasteiger partial charge in [0.05, 0.1) is 22.8 Å². The van der Waals surface area contributed by atoms with Crippen molar-refractivity contribution in [3.05, 3.63) is 229 Å². The van der Waals surface area contributed by atoms with Crippen LogP contribution in [0.2, 0.25) is 0 Å². The third kappa shape index (κ3) is 5.08. The van der Waals surface area contributed by atoms with Crippen LogP contribution in [0.3, 0.4) is 0 Å². The van der Waals surface area contributed by atoms with Crippen LogP contribution in [-0.4, -0.2) is 11.4 Å². The van der Waals surface area contributed by atoms with E-state index in [0.29, 0.717) is 0 Å². The van der Waals surface area contributed by atoms with Crippen LogP contribution in [0, 0.1) is 0 Å². The van der Waals surface area contributed by atoms with E-state index in [1.54, 1.807) is 0 Å². The Bertz CT molecular complexity index is 3360. The van der Waals surface area contributed by atoms with E-state index in [2.05, 4.69) is 206 Å². The quantitative estimate of drug-likeness (QED) is 0.160. The van der Waals surface area contributed by atoms with Crippen molar-refractivity contribution < 1.29 is 0 Å². The molecule has 1 heterocycles. The molecule has 0 fully saturated rings. The molecule has 276 valence electrons. The number of para-hydroxylation sites is 2. The van der Waals surface area contributed by atoms with E-state index >= 15 is 0 Å². The second kappa shape index (κ2) is 12.8. The molecule has 13 rings (SSSR count). The van der Waals surface area contributed by atoms with Gasteiger partial charge >= 0.3 is 0 Å². The average Bonchev–Trinajstić information content (AvgIpc) is 3.30. The van der Waals surface area contributed by atoms with Gasteiger partial charge < -0.3 is 0 Å². The van der Waals surface area contributed by atoms with Gasteiger partial charge in [0.2, 0.25) is 0 Å². The van der Waals surface area contributed by atoms with Crippen LogP contribution in [0.4, 0.5) is 11.4 Å². The van der Waals surface area contributed by atoms with Gasteiger partial charge in [0.15, 0.2) is 0 Å². The highest BCUT2D eigenvalue weighted by atomic mass is 14.8. The van der Waals surface area contributed by atoms with Crippen molar-refractivity contribution in [1.29, 1.82) is 0 Å². The molecule has 0 saturated heterocycles. The molecule has 0 aliphatic carbocycles. The summed E-state index contributed by atoms with van der Waals surface area (Å²) in [4.78, 5) is 10.9. The van der Waals surface area contributed by atoms with Gasteiger partial charge in [0.25, 0.3) is 0 Å². The second-order valence-corrected chi connectivity index (χ2v) is 16.1. The van der Waals surface area contributed by atoms with Crippen LogP contribution in [0.5, 0.6) is 0 Å². The third-order valence-electron chi connectivity index (χ3n) is 12.7. The first-order valence-corrected chi connectivity index (χ1v) is 20.6. The van der Waals surface area contributed by atoms with E-state index in [9.17, 15) is 0 Å². The third-order valence-corrected chi connectivity index (χ3v) is 12.7. The fraction of sp³-hybridized carbons (Fsp3) is 0. The SMILES string of the molecule is c1ccc2c(c1)N=C(c1ccc(-c3cc4ccc5cccc6ccc(c3)c4c56)cc1)c1ccccc1N=C2c1ccc(-c2cc3ccc4cccc5ccc(c2)c3c45)cc1. The monoisotopic (exact) mass is 758 g/mol. The molecule has 0 atom stereocenters. The van der Waals surface area contributed by atoms with Gasteiger partial charge in [-0.15, -0.1) is 0 Å². The molecule has 0 unspecified atom stereocenters. The summed E-state index contributed by atoms with van der Waals surface area (Å²) in [7, 11) is 0. The molecule has 12 aromatic rings. The van der Waals surface area contributed by atoms with Crippen LogP contribution in [0.1, 0.15) is 22.3 Å². The lowest BCUT2D eigenvalue weighted by Crippen LogP contribution is -2.10. The highest BCUT2D eigenvalue weighted by molar-refractivity contribution is 6.26. The minimum absolute atomic E-state index is 0.896. The Morgan fingerprint density at radius 1 is 0.217 bits per heavy atom. The van der Waals surface area contributed by atoms with E-state index in [4.69, 9.17) is 9.98 Å². The molecule has 0 spiro atoms. The summed E-state index contributed by atoms with van der Waals surface area (Å²) < 4.78 is 0. The number of nitrogens with zero attached hydrogens (tertiary/aromatic N) is 2. The zero-order valence-electron chi connectivity index (χ0n) is 32.5. The predicted molar refractivity (Wildman–Crippen MR) is 255 cm³/mol. The largest absolute Gasteiger partial charge is 0.247 e.